The summed E-state index contributed by atoms with van der Waals surface area (Å²) in [5.41, 5.74) is 0.897. The first-order chi connectivity index (χ1) is 9.71. The van der Waals surface area contributed by atoms with Crippen LogP contribution in [0, 0.1) is 24.7 Å². The van der Waals surface area contributed by atoms with Crippen LogP contribution in [0.5, 0.6) is 5.75 Å². The zero-order chi connectivity index (χ0) is 14.8. The summed E-state index contributed by atoms with van der Waals surface area (Å²) < 4.78 is 10.1. The smallest absolute Gasteiger partial charge is 0.325 e. The minimum absolute atomic E-state index is 0.0766. The number of carbonyl (C=O) groups is 1. The third-order valence-corrected chi connectivity index (χ3v) is 2.66. The molecule has 1 N–H and O–H groups in total. The van der Waals surface area contributed by atoms with Gasteiger partial charge in [0.15, 0.2) is 6.61 Å². The number of halogens is 1. The Hall–Kier alpha value is -2.14. The Kier molecular flexibility index (Phi) is 7.06. The topological polar surface area (TPSA) is 47.6 Å². The van der Waals surface area contributed by atoms with Gasteiger partial charge in [-0.1, -0.05) is 24.0 Å². The van der Waals surface area contributed by atoms with Crippen LogP contribution < -0.4 is 9.57 Å². The minimum Gasteiger partial charge on any atom is -0.481 e. The molecule has 0 aromatic heterocycles. The van der Waals surface area contributed by atoms with Crippen LogP contribution in [0.2, 0.25) is 0 Å². The molecule has 0 amide bonds. The molecule has 1 rings (SSSR count). The van der Waals surface area contributed by atoms with Gasteiger partial charge >= 0.3 is 5.97 Å². The number of ether oxygens (including phenoxy) is 2. The number of carbonyl (C=O) groups excluding carboxylic acids is 1. The molecule has 0 bridgehead atoms. The van der Waals surface area contributed by atoms with Crippen molar-refractivity contribution in [1.29, 1.82) is 0 Å². The van der Waals surface area contributed by atoms with Crippen LogP contribution in [0.25, 0.3) is 0 Å². The highest BCUT2D eigenvalue weighted by atomic mass is 35.5. The molecule has 0 aliphatic rings. The number of hydrogen-bond acceptors (Lipinski definition) is 4. The van der Waals surface area contributed by atoms with Crippen molar-refractivity contribution in [2.45, 2.75) is 12.5 Å². The fourth-order valence-electron chi connectivity index (χ4n) is 1.46. The van der Waals surface area contributed by atoms with E-state index in [0.717, 1.165) is 5.56 Å². The molecule has 20 heavy (non-hydrogen) atoms. The summed E-state index contributed by atoms with van der Waals surface area (Å²) in [5, 5.41) is 0. The standard InChI is InChI=1S/C15H14ClNO3/c1-3-9-19-13-7-5-12(6-8-13)11-14(17-16)15(18)20-10-4-2/h1-2,5-8,14,17H,9-11H2. The molecule has 0 aliphatic heterocycles. The van der Waals surface area contributed by atoms with E-state index in [9.17, 15) is 4.79 Å². The van der Waals surface area contributed by atoms with Crippen molar-refractivity contribution in [2.75, 3.05) is 13.2 Å². The van der Waals surface area contributed by atoms with E-state index in [4.69, 9.17) is 34.1 Å². The first-order valence-corrected chi connectivity index (χ1v) is 6.20. The SMILES string of the molecule is C#CCOC(=O)C(Cc1ccc(OCC#C)cc1)NCl. The van der Waals surface area contributed by atoms with Crippen molar-refractivity contribution < 1.29 is 14.3 Å². The maximum atomic E-state index is 11.6. The second kappa shape index (κ2) is 8.87. The van der Waals surface area contributed by atoms with Crippen LogP contribution in [-0.4, -0.2) is 25.2 Å². The number of terminal acetylenes is 2. The third-order valence-electron chi connectivity index (χ3n) is 2.40. The summed E-state index contributed by atoms with van der Waals surface area (Å²) in [6.45, 7) is 0.135. The van der Waals surface area contributed by atoms with E-state index in [1.807, 2.05) is 12.1 Å². The predicted octanol–water partition coefficient (Wildman–Crippen LogP) is 1.53. The fraction of sp³-hybridized carbons (Fsp3) is 0.267. The Morgan fingerprint density at radius 3 is 2.45 bits per heavy atom. The highest BCUT2D eigenvalue weighted by molar-refractivity contribution is 6.14. The van der Waals surface area contributed by atoms with Gasteiger partial charge in [-0.25, -0.2) is 4.84 Å². The van der Waals surface area contributed by atoms with E-state index in [0.29, 0.717) is 12.2 Å². The average Bonchev–Trinajstić information content (AvgIpc) is 2.49. The van der Waals surface area contributed by atoms with E-state index in [-0.39, 0.29) is 13.2 Å². The van der Waals surface area contributed by atoms with Crippen LogP contribution in [-0.2, 0) is 16.0 Å². The lowest BCUT2D eigenvalue weighted by atomic mass is 10.1. The van der Waals surface area contributed by atoms with Crippen LogP contribution >= 0.6 is 11.8 Å². The Balaban J connectivity index is 2.59. The molecular formula is C15H14ClNO3. The number of nitrogens with one attached hydrogen (secondary N) is 1. The molecule has 1 aromatic carbocycles. The second-order valence-corrected chi connectivity index (χ2v) is 4.03. The predicted molar refractivity (Wildman–Crippen MR) is 77.0 cm³/mol. The summed E-state index contributed by atoms with van der Waals surface area (Å²) >= 11 is 5.54. The lowest BCUT2D eigenvalue weighted by Crippen LogP contribution is -2.34. The number of benzene rings is 1. The molecule has 5 heteroatoms. The van der Waals surface area contributed by atoms with Gasteiger partial charge in [0.2, 0.25) is 0 Å². The second-order valence-electron chi connectivity index (χ2n) is 3.81. The van der Waals surface area contributed by atoms with E-state index < -0.39 is 12.0 Å². The molecule has 1 unspecified atom stereocenters. The average molecular weight is 292 g/mol. The molecule has 1 aromatic rings. The Bertz CT molecular complexity index is 513. The highest BCUT2D eigenvalue weighted by Gasteiger charge is 2.19. The van der Waals surface area contributed by atoms with Gasteiger partial charge in [-0.05, 0) is 35.9 Å². The Morgan fingerprint density at radius 1 is 1.25 bits per heavy atom. The molecule has 0 fully saturated rings. The minimum atomic E-state index is -0.664. The number of hydrogen-bond donors (Lipinski definition) is 1. The highest BCUT2D eigenvalue weighted by Crippen LogP contribution is 2.14. The van der Waals surface area contributed by atoms with Crippen molar-refractivity contribution in [3.05, 3.63) is 29.8 Å². The molecule has 0 aliphatic carbocycles. The van der Waals surface area contributed by atoms with Crippen LogP contribution in [0.3, 0.4) is 0 Å². The molecule has 1 atom stereocenters. The Morgan fingerprint density at radius 2 is 1.90 bits per heavy atom. The maximum absolute atomic E-state index is 11.6. The van der Waals surface area contributed by atoms with Gasteiger partial charge in [-0.2, -0.15) is 0 Å². The quantitative estimate of drug-likeness (QED) is 0.470. The van der Waals surface area contributed by atoms with E-state index >= 15 is 0 Å². The van der Waals surface area contributed by atoms with E-state index in [1.165, 1.54) is 0 Å². The molecule has 0 saturated carbocycles. The van der Waals surface area contributed by atoms with Crippen molar-refractivity contribution >= 4 is 17.7 Å². The lowest BCUT2D eigenvalue weighted by molar-refractivity contribution is -0.144. The van der Waals surface area contributed by atoms with Crippen molar-refractivity contribution in [3.63, 3.8) is 0 Å². The zero-order valence-corrected chi connectivity index (χ0v) is 11.5. The van der Waals surface area contributed by atoms with Gasteiger partial charge in [0, 0.05) is 0 Å². The first kappa shape index (κ1) is 15.9. The van der Waals surface area contributed by atoms with Gasteiger partial charge in [-0.3, -0.25) is 4.79 Å². The monoisotopic (exact) mass is 291 g/mol. The van der Waals surface area contributed by atoms with Gasteiger partial charge in [0.1, 0.15) is 18.4 Å². The van der Waals surface area contributed by atoms with Gasteiger partial charge in [-0.15, -0.1) is 12.8 Å². The van der Waals surface area contributed by atoms with Crippen molar-refractivity contribution in [3.8, 4) is 30.4 Å². The fourth-order valence-corrected chi connectivity index (χ4v) is 1.63. The first-order valence-electron chi connectivity index (χ1n) is 5.82. The molecule has 0 saturated heterocycles. The summed E-state index contributed by atoms with van der Waals surface area (Å²) in [5.74, 6) is 4.77. The Labute approximate surface area is 123 Å². The van der Waals surface area contributed by atoms with Crippen LogP contribution in [0.1, 0.15) is 5.56 Å². The molecule has 104 valence electrons. The summed E-state index contributed by atoms with van der Waals surface area (Å²) in [6.07, 6.45) is 10.5. The van der Waals surface area contributed by atoms with Crippen molar-refractivity contribution in [2.24, 2.45) is 0 Å². The van der Waals surface area contributed by atoms with Crippen molar-refractivity contribution in [1.82, 2.24) is 4.84 Å². The largest absolute Gasteiger partial charge is 0.481 e. The molecule has 0 heterocycles. The number of rotatable bonds is 7. The summed E-state index contributed by atoms with van der Waals surface area (Å²) in [4.78, 5) is 14.0. The molecule has 0 spiro atoms. The van der Waals surface area contributed by atoms with Gasteiger partial charge < -0.3 is 9.47 Å². The summed E-state index contributed by atoms with van der Waals surface area (Å²) in [6, 6.07) is 6.51. The molecular weight excluding hydrogens is 278 g/mol. The third kappa shape index (κ3) is 5.24. The zero-order valence-electron chi connectivity index (χ0n) is 10.8. The summed E-state index contributed by atoms with van der Waals surface area (Å²) in [7, 11) is 0. The molecule has 0 radical (unpaired) electrons. The number of esters is 1. The lowest BCUT2D eigenvalue weighted by Gasteiger charge is -2.13. The van der Waals surface area contributed by atoms with Gasteiger partial charge in [0.25, 0.3) is 0 Å². The molecule has 4 nitrogen and oxygen atoms in total. The van der Waals surface area contributed by atoms with E-state index in [1.54, 1.807) is 12.1 Å². The van der Waals surface area contributed by atoms with Crippen LogP contribution in [0.15, 0.2) is 24.3 Å². The van der Waals surface area contributed by atoms with Crippen LogP contribution in [0.4, 0.5) is 0 Å². The normalized spacial score (nSPS) is 10.9. The van der Waals surface area contributed by atoms with E-state index in [2.05, 4.69) is 16.7 Å². The van der Waals surface area contributed by atoms with Gasteiger partial charge in [0.05, 0.1) is 0 Å². The maximum Gasteiger partial charge on any atom is 0.325 e.